The van der Waals surface area contributed by atoms with E-state index in [2.05, 4.69) is 42.7 Å². The van der Waals surface area contributed by atoms with Gasteiger partial charge < -0.3 is 10.6 Å². The van der Waals surface area contributed by atoms with Crippen molar-refractivity contribution in [3.05, 3.63) is 59.2 Å². The monoisotopic (exact) mass is 300 g/mol. The summed E-state index contributed by atoms with van der Waals surface area (Å²) < 4.78 is 0. The van der Waals surface area contributed by atoms with Crippen LogP contribution in [0.25, 0.3) is 0 Å². The lowest BCUT2D eigenvalue weighted by molar-refractivity contribution is 0.251. The van der Waals surface area contributed by atoms with Gasteiger partial charge in [0.15, 0.2) is 0 Å². The third-order valence-electron chi connectivity index (χ3n) is 3.08. The molecule has 0 saturated heterocycles. The third kappa shape index (κ3) is 4.83. The Morgan fingerprint density at radius 3 is 2.24 bits per heavy atom. The molecule has 0 heterocycles. The molecule has 4 heteroatoms. The van der Waals surface area contributed by atoms with Crippen LogP contribution in [0.4, 0.5) is 10.5 Å². The van der Waals surface area contributed by atoms with Crippen molar-refractivity contribution in [3.63, 3.8) is 0 Å². The van der Waals surface area contributed by atoms with Gasteiger partial charge in [-0.25, -0.2) is 4.79 Å². The summed E-state index contributed by atoms with van der Waals surface area (Å²) >= 11 is 1.68. The van der Waals surface area contributed by atoms with Crippen LogP contribution in [0.2, 0.25) is 0 Å². The second-order valence-electron chi connectivity index (χ2n) is 5.03. The van der Waals surface area contributed by atoms with E-state index in [1.165, 1.54) is 16.0 Å². The average molecular weight is 300 g/mol. The molecule has 2 amide bonds. The minimum atomic E-state index is -0.189. The van der Waals surface area contributed by atoms with Gasteiger partial charge in [0, 0.05) is 17.1 Å². The Kier molecular flexibility index (Phi) is 5.28. The zero-order valence-corrected chi connectivity index (χ0v) is 13.4. The lowest BCUT2D eigenvalue weighted by atomic mass is 10.1. The van der Waals surface area contributed by atoms with Gasteiger partial charge in [-0.1, -0.05) is 29.3 Å². The van der Waals surface area contributed by atoms with E-state index in [0.29, 0.717) is 6.54 Å². The number of thioether (sulfide) groups is 1. The van der Waals surface area contributed by atoms with Gasteiger partial charge in [0.05, 0.1) is 0 Å². The van der Waals surface area contributed by atoms with Gasteiger partial charge in [-0.05, 0) is 49.9 Å². The molecule has 0 aliphatic carbocycles. The molecular formula is C17H20N2OS. The number of urea groups is 1. The summed E-state index contributed by atoms with van der Waals surface area (Å²) in [5.74, 6) is 0. The SMILES string of the molecule is CSc1ccc(NC(=O)NCc2cc(C)cc(C)c2)cc1. The summed E-state index contributed by atoms with van der Waals surface area (Å²) in [6, 6.07) is 13.9. The van der Waals surface area contributed by atoms with Gasteiger partial charge in [-0.15, -0.1) is 11.8 Å². The number of benzene rings is 2. The summed E-state index contributed by atoms with van der Waals surface area (Å²) in [6.45, 7) is 4.64. The fourth-order valence-corrected chi connectivity index (χ4v) is 2.61. The number of aryl methyl sites for hydroxylation is 2. The van der Waals surface area contributed by atoms with Crippen molar-refractivity contribution < 1.29 is 4.79 Å². The van der Waals surface area contributed by atoms with Crippen LogP contribution in [0.15, 0.2) is 47.4 Å². The van der Waals surface area contributed by atoms with Gasteiger partial charge in [0.25, 0.3) is 0 Å². The standard InChI is InChI=1S/C17H20N2OS/c1-12-8-13(2)10-14(9-12)11-18-17(20)19-15-4-6-16(21-3)7-5-15/h4-10H,11H2,1-3H3,(H2,18,19,20). The van der Waals surface area contributed by atoms with Crippen LogP contribution in [0, 0.1) is 13.8 Å². The maximum absolute atomic E-state index is 11.9. The molecule has 2 rings (SSSR count). The van der Waals surface area contributed by atoms with E-state index in [1.807, 2.05) is 30.5 Å². The first kappa shape index (κ1) is 15.4. The molecule has 21 heavy (non-hydrogen) atoms. The predicted octanol–water partition coefficient (Wildman–Crippen LogP) is 4.35. The number of nitrogens with one attached hydrogen (secondary N) is 2. The normalized spacial score (nSPS) is 10.2. The van der Waals surface area contributed by atoms with Crippen LogP contribution in [0.1, 0.15) is 16.7 Å². The van der Waals surface area contributed by atoms with Gasteiger partial charge >= 0.3 is 6.03 Å². The molecule has 110 valence electrons. The minimum Gasteiger partial charge on any atom is -0.334 e. The maximum Gasteiger partial charge on any atom is 0.319 e. The number of anilines is 1. The number of hydrogen-bond donors (Lipinski definition) is 2. The van der Waals surface area contributed by atoms with Crippen molar-refractivity contribution >= 4 is 23.5 Å². The lowest BCUT2D eigenvalue weighted by Gasteiger charge is -2.09. The van der Waals surface area contributed by atoms with Crippen molar-refractivity contribution in [2.75, 3.05) is 11.6 Å². The van der Waals surface area contributed by atoms with E-state index < -0.39 is 0 Å². The molecule has 2 aromatic rings. The minimum absolute atomic E-state index is 0.189. The first-order chi connectivity index (χ1) is 10.1. The van der Waals surface area contributed by atoms with Gasteiger partial charge in [-0.3, -0.25) is 0 Å². The number of rotatable bonds is 4. The summed E-state index contributed by atoms with van der Waals surface area (Å²) in [5, 5.41) is 5.71. The molecule has 0 atom stereocenters. The highest BCUT2D eigenvalue weighted by molar-refractivity contribution is 7.98. The van der Waals surface area contributed by atoms with Crippen molar-refractivity contribution in [1.82, 2.24) is 5.32 Å². The van der Waals surface area contributed by atoms with Gasteiger partial charge in [0.1, 0.15) is 0 Å². The maximum atomic E-state index is 11.9. The van der Waals surface area contributed by atoms with Crippen LogP contribution < -0.4 is 10.6 Å². The smallest absolute Gasteiger partial charge is 0.319 e. The molecule has 0 aliphatic heterocycles. The zero-order valence-electron chi connectivity index (χ0n) is 12.6. The topological polar surface area (TPSA) is 41.1 Å². The predicted molar refractivity (Wildman–Crippen MR) is 90.0 cm³/mol. The highest BCUT2D eigenvalue weighted by Gasteiger charge is 2.02. The van der Waals surface area contributed by atoms with Crippen LogP contribution >= 0.6 is 11.8 Å². The molecule has 0 saturated carbocycles. The second kappa shape index (κ2) is 7.18. The lowest BCUT2D eigenvalue weighted by Crippen LogP contribution is -2.28. The first-order valence-corrected chi connectivity index (χ1v) is 8.05. The Hall–Kier alpha value is -1.94. The summed E-state index contributed by atoms with van der Waals surface area (Å²) in [7, 11) is 0. The second-order valence-corrected chi connectivity index (χ2v) is 5.91. The molecule has 0 fully saturated rings. The molecule has 0 aromatic heterocycles. The largest absolute Gasteiger partial charge is 0.334 e. The Balaban J connectivity index is 1.89. The Labute approximate surface area is 130 Å². The fourth-order valence-electron chi connectivity index (χ4n) is 2.20. The first-order valence-electron chi connectivity index (χ1n) is 6.83. The van der Waals surface area contributed by atoms with Crippen LogP contribution in [-0.4, -0.2) is 12.3 Å². The van der Waals surface area contributed by atoms with Crippen LogP contribution in [0.5, 0.6) is 0 Å². The summed E-state index contributed by atoms with van der Waals surface area (Å²) in [6.07, 6.45) is 2.03. The van der Waals surface area contributed by atoms with Crippen molar-refractivity contribution in [3.8, 4) is 0 Å². The molecule has 2 aromatic carbocycles. The molecular weight excluding hydrogens is 280 g/mol. The highest BCUT2D eigenvalue weighted by atomic mass is 32.2. The van der Waals surface area contributed by atoms with E-state index >= 15 is 0 Å². The Bertz CT molecular complexity index is 603. The number of carbonyl (C=O) groups is 1. The molecule has 2 N–H and O–H groups in total. The van der Waals surface area contributed by atoms with E-state index in [0.717, 1.165) is 11.3 Å². The molecule has 0 unspecified atom stereocenters. The molecule has 0 bridgehead atoms. The molecule has 0 aliphatic rings. The summed E-state index contributed by atoms with van der Waals surface area (Å²) in [4.78, 5) is 13.1. The molecule has 0 radical (unpaired) electrons. The van der Waals surface area contributed by atoms with Crippen molar-refractivity contribution in [2.45, 2.75) is 25.3 Å². The van der Waals surface area contributed by atoms with E-state index in [9.17, 15) is 4.79 Å². The van der Waals surface area contributed by atoms with Crippen molar-refractivity contribution in [1.29, 1.82) is 0 Å². The van der Waals surface area contributed by atoms with Gasteiger partial charge in [-0.2, -0.15) is 0 Å². The average Bonchev–Trinajstić information content (AvgIpc) is 2.45. The van der Waals surface area contributed by atoms with E-state index in [1.54, 1.807) is 11.8 Å². The quantitative estimate of drug-likeness (QED) is 0.824. The fraction of sp³-hybridized carbons (Fsp3) is 0.235. The Morgan fingerprint density at radius 1 is 1.05 bits per heavy atom. The molecule has 3 nitrogen and oxygen atoms in total. The number of amides is 2. The number of hydrogen-bond acceptors (Lipinski definition) is 2. The number of carbonyl (C=O) groups excluding carboxylic acids is 1. The van der Waals surface area contributed by atoms with E-state index in [4.69, 9.17) is 0 Å². The summed E-state index contributed by atoms with van der Waals surface area (Å²) in [5.41, 5.74) is 4.32. The van der Waals surface area contributed by atoms with Crippen LogP contribution in [-0.2, 0) is 6.54 Å². The Morgan fingerprint density at radius 2 is 1.67 bits per heavy atom. The van der Waals surface area contributed by atoms with Gasteiger partial charge in [0.2, 0.25) is 0 Å². The molecule has 0 spiro atoms. The highest BCUT2D eigenvalue weighted by Crippen LogP contribution is 2.17. The van der Waals surface area contributed by atoms with E-state index in [-0.39, 0.29) is 6.03 Å². The van der Waals surface area contributed by atoms with Crippen molar-refractivity contribution in [2.24, 2.45) is 0 Å². The third-order valence-corrected chi connectivity index (χ3v) is 3.83. The zero-order chi connectivity index (χ0) is 15.2. The van der Waals surface area contributed by atoms with Crippen LogP contribution in [0.3, 0.4) is 0 Å².